The smallest absolute Gasteiger partial charge is 0.275 e. The second-order valence-electron chi connectivity index (χ2n) is 7.10. The maximum Gasteiger partial charge on any atom is 0.275 e. The largest absolute Gasteiger partial charge is 0.457 e. The van der Waals surface area contributed by atoms with Gasteiger partial charge in [-0.15, -0.1) is 0 Å². The zero-order valence-electron chi connectivity index (χ0n) is 16.1. The number of imidazole rings is 1. The monoisotopic (exact) mass is 417 g/mol. The summed E-state index contributed by atoms with van der Waals surface area (Å²) in [6, 6.07) is 13.7. The SMILES string of the molecule is Cc1cc(C)c2nc3s/c(=C\c4ccc(-c5ccc([N+](=O)[O-])cc5)o4)c(=O)n3c2c1. The van der Waals surface area contributed by atoms with Crippen LogP contribution in [0.25, 0.3) is 33.4 Å². The molecule has 0 aliphatic rings. The number of aryl methyl sites for hydroxylation is 2. The van der Waals surface area contributed by atoms with E-state index < -0.39 is 4.92 Å². The molecule has 0 saturated heterocycles. The lowest BCUT2D eigenvalue weighted by atomic mass is 10.1. The third kappa shape index (κ3) is 2.89. The molecule has 0 amide bonds. The highest BCUT2D eigenvalue weighted by atomic mass is 32.1. The number of furan rings is 1. The summed E-state index contributed by atoms with van der Waals surface area (Å²) in [5.74, 6) is 1.10. The zero-order chi connectivity index (χ0) is 21.0. The molecule has 7 nitrogen and oxygen atoms in total. The van der Waals surface area contributed by atoms with E-state index in [9.17, 15) is 14.9 Å². The summed E-state index contributed by atoms with van der Waals surface area (Å²) in [6.45, 7) is 3.99. The van der Waals surface area contributed by atoms with Crippen LogP contribution in [0.15, 0.2) is 57.7 Å². The average molecular weight is 417 g/mol. The van der Waals surface area contributed by atoms with Crippen molar-refractivity contribution in [1.29, 1.82) is 0 Å². The third-order valence-electron chi connectivity index (χ3n) is 4.94. The fraction of sp³-hybridized carbons (Fsp3) is 0.0909. The first kappa shape index (κ1) is 18.3. The van der Waals surface area contributed by atoms with Gasteiger partial charge < -0.3 is 4.42 Å². The Bertz CT molecular complexity index is 1560. The maximum atomic E-state index is 13.0. The molecule has 0 radical (unpaired) electrons. The lowest BCUT2D eigenvalue weighted by Gasteiger charge is -1.97. The van der Waals surface area contributed by atoms with Crippen LogP contribution in [0.2, 0.25) is 0 Å². The van der Waals surface area contributed by atoms with Crippen LogP contribution < -0.4 is 10.1 Å². The first-order valence-electron chi connectivity index (χ1n) is 9.19. The van der Waals surface area contributed by atoms with E-state index in [1.54, 1.807) is 34.7 Å². The Labute approximate surface area is 173 Å². The Morgan fingerprint density at radius 2 is 1.90 bits per heavy atom. The highest BCUT2D eigenvalue weighted by molar-refractivity contribution is 7.15. The van der Waals surface area contributed by atoms with Crippen LogP contribution in [-0.4, -0.2) is 14.3 Å². The minimum atomic E-state index is -0.444. The van der Waals surface area contributed by atoms with Crippen LogP contribution in [-0.2, 0) is 0 Å². The number of aromatic nitrogens is 2. The summed E-state index contributed by atoms with van der Waals surface area (Å²) in [4.78, 5) is 28.6. The van der Waals surface area contributed by atoms with E-state index in [-0.39, 0.29) is 11.2 Å². The maximum absolute atomic E-state index is 13.0. The number of non-ortho nitro benzene ring substituents is 1. The molecular weight excluding hydrogens is 402 g/mol. The molecule has 0 fully saturated rings. The number of fused-ring (bicyclic) bond motifs is 3. The molecule has 3 aromatic heterocycles. The van der Waals surface area contributed by atoms with Crippen molar-refractivity contribution < 1.29 is 9.34 Å². The van der Waals surface area contributed by atoms with Gasteiger partial charge in [-0.25, -0.2) is 9.38 Å². The van der Waals surface area contributed by atoms with Crippen molar-refractivity contribution in [3.8, 4) is 11.3 Å². The highest BCUT2D eigenvalue weighted by Gasteiger charge is 2.14. The van der Waals surface area contributed by atoms with Crippen molar-refractivity contribution in [2.24, 2.45) is 0 Å². The molecule has 8 heteroatoms. The molecule has 0 N–H and O–H groups in total. The van der Waals surface area contributed by atoms with E-state index in [0.717, 1.165) is 27.7 Å². The van der Waals surface area contributed by atoms with Gasteiger partial charge in [-0.2, -0.15) is 0 Å². The van der Waals surface area contributed by atoms with E-state index >= 15 is 0 Å². The summed E-state index contributed by atoms with van der Waals surface area (Å²) in [5, 5.41) is 10.8. The molecule has 0 unspecified atom stereocenters. The van der Waals surface area contributed by atoms with Crippen LogP contribution in [0.3, 0.4) is 0 Å². The molecule has 0 aliphatic carbocycles. The van der Waals surface area contributed by atoms with Crippen molar-refractivity contribution in [1.82, 2.24) is 9.38 Å². The van der Waals surface area contributed by atoms with Gasteiger partial charge in [0.2, 0.25) is 0 Å². The van der Waals surface area contributed by atoms with Gasteiger partial charge in [-0.3, -0.25) is 14.9 Å². The van der Waals surface area contributed by atoms with E-state index in [2.05, 4.69) is 11.1 Å². The Balaban J connectivity index is 1.58. The van der Waals surface area contributed by atoms with Crippen molar-refractivity contribution in [2.45, 2.75) is 13.8 Å². The van der Waals surface area contributed by atoms with Gasteiger partial charge in [0.25, 0.3) is 11.2 Å². The summed E-state index contributed by atoms with van der Waals surface area (Å²) in [5.41, 5.74) is 4.40. The molecule has 148 valence electrons. The van der Waals surface area contributed by atoms with Crippen molar-refractivity contribution in [3.63, 3.8) is 0 Å². The quantitative estimate of drug-likeness (QED) is 0.323. The predicted molar refractivity (Wildman–Crippen MR) is 116 cm³/mol. The second-order valence-corrected chi connectivity index (χ2v) is 8.11. The number of nitro benzene ring substituents is 1. The molecule has 0 saturated carbocycles. The first-order valence-corrected chi connectivity index (χ1v) is 10.0. The van der Waals surface area contributed by atoms with Gasteiger partial charge in [0.1, 0.15) is 16.1 Å². The van der Waals surface area contributed by atoms with Crippen LogP contribution in [0, 0.1) is 24.0 Å². The van der Waals surface area contributed by atoms with Gasteiger partial charge in [-0.05, 0) is 55.3 Å². The Morgan fingerprint density at radius 1 is 1.13 bits per heavy atom. The van der Waals surface area contributed by atoms with Crippen molar-refractivity contribution >= 4 is 39.1 Å². The number of thiazole rings is 1. The summed E-state index contributed by atoms with van der Waals surface area (Å²) in [7, 11) is 0. The van der Waals surface area contributed by atoms with Gasteiger partial charge in [-0.1, -0.05) is 17.4 Å². The number of hydrogen-bond donors (Lipinski definition) is 0. The standard InChI is InChI=1S/C22H15N3O4S/c1-12-9-13(2)20-17(10-12)24-21(26)19(30-22(24)23-20)11-16-7-8-18(29-16)14-3-5-15(6-4-14)25(27)28/h3-11H,1-2H3/b19-11-. The number of rotatable bonds is 3. The molecule has 3 heterocycles. The average Bonchev–Trinajstić information content (AvgIpc) is 3.39. The molecule has 30 heavy (non-hydrogen) atoms. The first-order chi connectivity index (χ1) is 14.4. The lowest BCUT2D eigenvalue weighted by molar-refractivity contribution is -0.384. The molecule has 5 aromatic rings. The molecule has 0 spiro atoms. The summed E-state index contributed by atoms with van der Waals surface area (Å²) in [6.07, 6.45) is 1.70. The summed E-state index contributed by atoms with van der Waals surface area (Å²) < 4.78 is 8.02. The highest BCUT2D eigenvalue weighted by Crippen LogP contribution is 2.25. The number of hydrogen-bond acceptors (Lipinski definition) is 6. The van der Waals surface area contributed by atoms with E-state index in [1.807, 2.05) is 19.9 Å². The van der Waals surface area contributed by atoms with E-state index in [1.165, 1.54) is 23.5 Å². The van der Waals surface area contributed by atoms with Gasteiger partial charge in [0, 0.05) is 23.8 Å². The minimum absolute atomic E-state index is 0.0210. The topological polar surface area (TPSA) is 90.7 Å². The Kier molecular flexibility index (Phi) is 4.04. The molecule has 2 aromatic carbocycles. The fourth-order valence-electron chi connectivity index (χ4n) is 3.57. The van der Waals surface area contributed by atoms with Gasteiger partial charge in [0.05, 0.1) is 16.0 Å². The Morgan fingerprint density at radius 3 is 2.63 bits per heavy atom. The molecule has 0 aliphatic heterocycles. The second kappa shape index (κ2) is 6.64. The van der Waals surface area contributed by atoms with Crippen molar-refractivity contribution in [3.05, 3.63) is 90.4 Å². The van der Waals surface area contributed by atoms with Crippen LogP contribution >= 0.6 is 11.3 Å². The normalized spacial score (nSPS) is 12.3. The fourth-order valence-corrected chi connectivity index (χ4v) is 4.53. The summed E-state index contributed by atoms with van der Waals surface area (Å²) >= 11 is 1.32. The lowest BCUT2D eigenvalue weighted by Crippen LogP contribution is -2.22. The number of nitro groups is 1. The van der Waals surface area contributed by atoms with Crippen molar-refractivity contribution in [2.75, 3.05) is 0 Å². The zero-order valence-corrected chi connectivity index (χ0v) is 16.9. The van der Waals surface area contributed by atoms with Gasteiger partial charge in [0.15, 0.2) is 4.96 Å². The third-order valence-corrected chi connectivity index (χ3v) is 5.91. The number of benzene rings is 2. The van der Waals surface area contributed by atoms with E-state index in [4.69, 9.17) is 4.42 Å². The van der Waals surface area contributed by atoms with E-state index in [0.29, 0.717) is 21.0 Å². The molecule has 0 atom stereocenters. The predicted octanol–water partition coefficient (Wildman–Crippen LogP) is 4.24. The Hall–Kier alpha value is -3.78. The van der Waals surface area contributed by atoms with Crippen LogP contribution in [0.5, 0.6) is 0 Å². The molecular formula is C22H15N3O4S. The number of nitrogens with zero attached hydrogens (tertiary/aromatic N) is 3. The minimum Gasteiger partial charge on any atom is -0.457 e. The molecule has 0 bridgehead atoms. The van der Waals surface area contributed by atoms with Gasteiger partial charge >= 0.3 is 0 Å². The van der Waals surface area contributed by atoms with Crippen LogP contribution in [0.4, 0.5) is 5.69 Å². The molecule has 5 rings (SSSR count). The van der Waals surface area contributed by atoms with Crippen LogP contribution in [0.1, 0.15) is 16.9 Å².